The molecule has 0 saturated carbocycles. The summed E-state index contributed by atoms with van der Waals surface area (Å²) in [6.07, 6.45) is 11.5. The molecule has 0 saturated heterocycles. The van der Waals surface area contributed by atoms with Crippen molar-refractivity contribution < 1.29 is 0 Å². The minimum absolute atomic E-state index is 1.16. The standard InChI is InChI=1S/C9H10S/c1-2-6-9-8(4-1)5-3-7-10-9/h2-3,5-6H,1,4,7H2. The van der Waals surface area contributed by atoms with Gasteiger partial charge in [0.1, 0.15) is 0 Å². The third-order valence-corrected chi connectivity index (χ3v) is 2.89. The summed E-state index contributed by atoms with van der Waals surface area (Å²) in [6.45, 7) is 0. The van der Waals surface area contributed by atoms with Crippen LogP contribution in [0.5, 0.6) is 0 Å². The maximum Gasteiger partial charge on any atom is 0.0164 e. The Morgan fingerprint density at radius 1 is 1.20 bits per heavy atom. The van der Waals surface area contributed by atoms with Gasteiger partial charge >= 0.3 is 0 Å². The molecular weight excluding hydrogens is 140 g/mol. The zero-order valence-corrected chi connectivity index (χ0v) is 6.66. The van der Waals surface area contributed by atoms with Gasteiger partial charge in [0.05, 0.1) is 0 Å². The van der Waals surface area contributed by atoms with E-state index in [1.807, 2.05) is 11.8 Å². The summed E-state index contributed by atoms with van der Waals surface area (Å²) < 4.78 is 0. The van der Waals surface area contributed by atoms with Crippen LogP contribution in [0.4, 0.5) is 0 Å². The minimum atomic E-state index is 1.16. The second kappa shape index (κ2) is 2.67. The van der Waals surface area contributed by atoms with Crippen LogP contribution in [0.3, 0.4) is 0 Å². The molecule has 0 N–H and O–H groups in total. The fourth-order valence-electron chi connectivity index (χ4n) is 1.29. The predicted molar refractivity (Wildman–Crippen MR) is 47.0 cm³/mol. The van der Waals surface area contributed by atoms with Gasteiger partial charge in [-0.25, -0.2) is 0 Å². The Hall–Kier alpha value is -0.430. The SMILES string of the molecule is C1=CC2=C(C=CCS2)CC1. The van der Waals surface area contributed by atoms with E-state index < -0.39 is 0 Å². The summed E-state index contributed by atoms with van der Waals surface area (Å²) in [6, 6.07) is 0. The molecule has 0 nitrogen and oxygen atoms in total. The molecule has 0 fully saturated rings. The van der Waals surface area contributed by atoms with Gasteiger partial charge in [0.25, 0.3) is 0 Å². The molecule has 0 radical (unpaired) electrons. The zero-order valence-electron chi connectivity index (χ0n) is 5.84. The van der Waals surface area contributed by atoms with Crippen LogP contribution in [0, 0.1) is 0 Å². The first-order valence-electron chi connectivity index (χ1n) is 3.66. The first-order valence-corrected chi connectivity index (χ1v) is 4.64. The number of hydrogen-bond donors (Lipinski definition) is 0. The van der Waals surface area contributed by atoms with E-state index in [9.17, 15) is 0 Å². The molecule has 1 aliphatic heterocycles. The molecule has 0 aromatic carbocycles. The van der Waals surface area contributed by atoms with Crippen LogP contribution in [0.2, 0.25) is 0 Å². The van der Waals surface area contributed by atoms with E-state index in [0.29, 0.717) is 0 Å². The molecule has 2 aliphatic rings. The molecule has 0 atom stereocenters. The number of rotatable bonds is 0. The highest BCUT2D eigenvalue weighted by Gasteiger charge is 2.08. The highest BCUT2D eigenvalue weighted by Crippen LogP contribution is 2.31. The van der Waals surface area contributed by atoms with Gasteiger partial charge < -0.3 is 0 Å². The van der Waals surface area contributed by atoms with Crippen molar-refractivity contribution >= 4 is 11.8 Å². The Bertz CT molecular complexity index is 197. The molecule has 52 valence electrons. The summed E-state index contributed by atoms with van der Waals surface area (Å²) in [7, 11) is 0. The number of hydrogen-bond acceptors (Lipinski definition) is 1. The highest BCUT2D eigenvalue weighted by atomic mass is 32.2. The predicted octanol–water partition coefficient (Wildman–Crippen LogP) is 2.89. The lowest BCUT2D eigenvalue weighted by Crippen LogP contribution is -1.94. The van der Waals surface area contributed by atoms with Gasteiger partial charge in [-0.3, -0.25) is 0 Å². The van der Waals surface area contributed by atoms with E-state index in [2.05, 4.69) is 24.3 Å². The molecule has 1 aliphatic carbocycles. The Morgan fingerprint density at radius 3 is 3.10 bits per heavy atom. The van der Waals surface area contributed by atoms with Crippen molar-refractivity contribution in [2.75, 3.05) is 5.75 Å². The molecule has 10 heavy (non-hydrogen) atoms. The lowest BCUT2D eigenvalue weighted by atomic mass is 10.0. The Labute approximate surface area is 65.7 Å². The van der Waals surface area contributed by atoms with Crippen molar-refractivity contribution in [3.63, 3.8) is 0 Å². The topological polar surface area (TPSA) is 0 Å². The van der Waals surface area contributed by atoms with E-state index in [-0.39, 0.29) is 0 Å². The number of allylic oxidation sites excluding steroid dienone is 4. The lowest BCUT2D eigenvalue weighted by Gasteiger charge is -2.14. The summed E-state index contributed by atoms with van der Waals surface area (Å²) in [5.41, 5.74) is 1.54. The molecular formula is C9H10S. The van der Waals surface area contributed by atoms with Gasteiger partial charge in [0.2, 0.25) is 0 Å². The van der Waals surface area contributed by atoms with Crippen molar-refractivity contribution in [3.05, 3.63) is 34.8 Å². The van der Waals surface area contributed by atoms with Crippen molar-refractivity contribution in [2.45, 2.75) is 12.8 Å². The van der Waals surface area contributed by atoms with Crippen LogP contribution in [0.1, 0.15) is 12.8 Å². The van der Waals surface area contributed by atoms with Crippen molar-refractivity contribution in [1.29, 1.82) is 0 Å². The second-order valence-electron chi connectivity index (χ2n) is 2.54. The van der Waals surface area contributed by atoms with Crippen LogP contribution in [0.15, 0.2) is 34.8 Å². The van der Waals surface area contributed by atoms with Gasteiger partial charge in [-0.05, 0) is 18.4 Å². The fraction of sp³-hybridized carbons (Fsp3) is 0.333. The van der Waals surface area contributed by atoms with Crippen LogP contribution >= 0.6 is 11.8 Å². The zero-order chi connectivity index (χ0) is 6.81. The van der Waals surface area contributed by atoms with Crippen LogP contribution in [-0.4, -0.2) is 5.75 Å². The van der Waals surface area contributed by atoms with Crippen LogP contribution in [0.25, 0.3) is 0 Å². The van der Waals surface area contributed by atoms with E-state index in [1.165, 1.54) is 17.7 Å². The first kappa shape index (κ1) is 6.29. The average molecular weight is 150 g/mol. The van der Waals surface area contributed by atoms with Gasteiger partial charge in [0, 0.05) is 10.7 Å². The van der Waals surface area contributed by atoms with E-state index >= 15 is 0 Å². The van der Waals surface area contributed by atoms with E-state index in [4.69, 9.17) is 0 Å². The molecule has 1 heteroatoms. The minimum Gasteiger partial charge on any atom is -0.122 e. The van der Waals surface area contributed by atoms with Crippen LogP contribution < -0.4 is 0 Å². The van der Waals surface area contributed by atoms with E-state index in [1.54, 1.807) is 5.57 Å². The van der Waals surface area contributed by atoms with Crippen molar-refractivity contribution in [3.8, 4) is 0 Å². The van der Waals surface area contributed by atoms with Crippen molar-refractivity contribution in [1.82, 2.24) is 0 Å². The number of thioether (sulfide) groups is 1. The maximum absolute atomic E-state index is 2.27. The quantitative estimate of drug-likeness (QED) is 0.511. The smallest absolute Gasteiger partial charge is 0.0164 e. The molecule has 0 spiro atoms. The second-order valence-corrected chi connectivity index (χ2v) is 3.61. The first-order chi connectivity index (χ1) is 4.97. The third-order valence-electron chi connectivity index (χ3n) is 1.82. The largest absolute Gasteiger partial charge is 0.122 e. The molecule has 0 unspecified atom stereocenters. The molecule has 0 aromatic rings. The molecule has 0 aromatic heterocycles. The third kappa shape index (κ3) is 1.06. The molecule has 2 rings (SSSR count). The fourth-order valence-corrected chi connectivity index (χ4v) is 2.21. The Kier molecular flexibility index (Phi) is 1.68. The van der Waals surface area contributed by atoms with Gasteiger partial charge in [-0.2, -0.15) is 0 Å². The van der Waals surface area contributed by atoms with Gasteiger partial charge in [0.15, 0.2) is 0 Å². The Balaban J connectivity index is 2.32. The van der Waals surface area contributed by atoms with Crippen LogP contribution in [-0.2, 0) is 0 Å². The van der Waals surface area contributed by atoms with Gasteiger partial charge in [-0.1, -0.05) is 24.3 Å². The normalized spacial score (nSPS) is 23.2. The monoisotopic (exact) mass is 150 g/mol. The lowest BCUT2D eigenvalue weighted by molar-refractivity contribution is 0.984. The summed E-state index contributed by atoms with van der Waals surface area (Å²) in [4.78, 5) is 1.49. The summed E-state index contributed by atoms with van der Waals surface area (Å²) in [5.74, 6) is 1.16. The maximum atomic E-state index is 2.27. The van der Waals surface area contributed by atoms with Gasteiger partial charge in [-0.15, -0.1) is 11.8 Å². The Morgan fingerprint density at radius 2 is 2.20 bits per heavy atom. The molecule has 0 amide bonds. The van der Waals surface area contributed by atoms with Crippen molar-refractivity contribution in [2.24, 2.45) is 0 Å². The van der Waals surface area contributed by atoms with E-state index in [0.717, 1.165) is 5.75 Å². The summed E-state index contributed by atoms with van der Waals surface area (Å²) in [5, 5.41) is 0. The highest BCUT2D eigenvalue weighted by molar-refractivity contribution is 8.03. The average Bonchev–Trinajstić information content (AvgIpc) is 2.05. The summed E-state index contributed by atoms with van der Waals surface area (Å²) >= 11 is 1.95. The molecule has 0 bridgehead atoms. The molecule has 1 heterocycles.